The monoisotopic (exact) mass is 364 g/mol. The number of aromatic nitrogens is 1. The first-order chi connectivity index (χ1) is 13.1. The highest BCUT2D eigenvalue weighted by atomic mass is 16.5. The standard InChI is InChI=1S/C22H24N2O3/c1-3-24-19-10-5-4-9-17(19)18-13-16(11-12-20(18)24)23-21(25)14(2)27-22(26)15-7-6-8-15/h4-5,9-15H,3,6-8H2,1-2H3,(H,23,25). The summed E-state index contributed by atoms with van der Waals surface area (Å²) in [5, 5.41) is 5.14. The molecule has 1 amide bonds. The van der Waals surface area contributed by atoms with Crippen molar-refractivity contribution in [3.63, 3.8) is 0 Å². The second kappa shape index (κ2) is 7.06. The van der Waals surface area contributed by atoms with Crippen molar-refractivity contribution in [1.82, 2.24) is 4.57 Å². The largest absolute Gasteiger partial charge is 0.452 e. The van der Waals surface area contributed by atoms with E-state index in [0.29, 0.717) is 5.69 Å². The van der Waals surface area contributed by atoms with E-state index in [-0.39, 0.29) is 17.8 Å². The van der Waals surface area contributed by atoms with Crippen LogP contribution in [-0.4, -0.2) is 22.5 Å². The zero-order valence-electron chi connectivity index (χ0n) is 15.7. The molecule has 2 aromatic carbocycles. The van der Waals surface area contributed by atoms with Gasteiger partial charge in [0.05, 0.1) is 5.92 Å². The van der Waals surface area contributed by atoms with Crippen LogP contribution in [0.2, 0.25) is 0 Å². The van der Waals surface area contributed by atoms with Crippen molar-refractivity contribution in [2.45, 2.75) is 45.8 Å². The van der Waals surface area contributed by atoms with Gasteiger partial charge in [0, 0.05) is 34.0 Å². The van der Waals surface area contributed by atoms with Gasteiger partial charge in [-0.2, -0.15) is 0 Å². The van der Waals surface area contributed by atoms with E-state index >= 15 is 0 Å². The van der Waals surface area contributed by atoms with Crippen LogP contribution >= 0.6 is 0 Å². The summed E-state index contributed by atoms with van der Waals surface area (Å²) in [5.41, 5.74) is 3.03. The molecule has 140 valence electrons. The molecule has 1 heterocycles. The minimum absolute atomic E-state index is 0.0308. The van der Waals surface area contributed by atoms with Gasteiger partial charge in [0.15, 0.2) is 6.10 Å². The molecular weight excluding hydrogens is 340 g/mol. The van der Waals surface area contributed by atoms with E-state index in [9.17, 15) is 9.59 Å². The molecule has 1 aliphatic rings. The molecule has 5 nitrogen and oxygen atoms in total. The van der Waals surface area contributed by atoms with Gasteiger partial charge >= 0.3 is 5.97 Å². The molecular formula is C22H24N2O3. The molecule has 0 radical (unpaired) electrons. The van der Waals surface area contributed by atoms with Gasteiger partial charge in [-0.25, -0.2) is 0 Å². The topological polar surface area (TPSA) is 60.3 Å². The van der Waals surface area contributed by atoms with Gasteiger partial charge in [-0.1, -0.05) is 24.6 Å². The number of esters is 1. The first kappa shape index (κ1) is 17.6. The van der Waals surface area contributed by atoms with E-state index in [1.807, 2.05) is 30.3 Å². The predicted molar refractivity (Wildman–Crippen MR) is 107 cm³/mol. The van der Waals surface area contributed by atoms with Crippen molar-refractivity contribution >= 4 is 39.4 Å². The minimum atomic E-state index is -0.800. The zero-order valence-corrected chi connectivity index (χ0v) is 15.7. The van der Waals surface area contributed by atoms with Crippen LogP contribution in [0.25, 0.3) is 21.8 Å². The van der Waals surface area contributed by atoms with Crippen molar-refractivity contribution in [3.05, 3.63) is 42.5 Å². The smallest absolute Gasteiger partial charge is 0.309 e. The number of hydrogen-bond acceptors (Lipinski definition) is 3. The van der Waals surface area contributed by atoms with E-state index in [2.05, 4.69) is 28.9 Å². The molecule has 1 unspecified atom stereocenters. The van der Waals surface area contributed by atoms with E-state index in [1.165, 1.54) is 5.52 Å². The zero-order chi connectivity index (χ0) is 19.0. The van der Waals surface area contributed by atoms with Gasteiger partial charge in [0.2, 0.25) is 0 Å². The summed E-state index contributed by atoms with van der Waals surface area (Å²) in [7, 11) is 0. The Bertz CT molecular complexity index is 1020. The van der Waals surface area contributed by atoms with E-state index < -0.39 is 6.10 Å². The third-order valence-corrected chi connectivity index (χ3v) is 5.46. The molecule has 4 rings (SSSR count). The van der Waals surface area contributed by atoms with Crippen LogP contribution < -0.4 is 5.32 Å². The number of fused-ring (bicyclic) bond motifs is 3. The number of benzene rings is 2. The molecule has 0 spiro atoms. The van der Waals surface area contributed by atoms with Crippen LogP contribution in [0, 0.1) is 5.92 Å². The molecule has 0 saturated heterocycles. The normalized spacial score (nSPS) is 15.5. The fraction of sp³-hybridized carbons (Fsp3) is 0.364. The average molecular weight is 364 g/mol. The van der Waals surface area contributed by atoms with Crippen LogP contribution in [0.15, 0.2) is 42.5 Å². The van der Waals surface area contributed by atoms with Crippen LogP contribution in [-0.2, 0) is 20.9 Å². The summed E-state index contributed by atoms with van der Waals surface area (Å²) in [6.45, 7) is 4.62. The Balaban J connectivity index is 1.56. The lowest BCUT2D eigenvalue weighted by Crippen LogP contribution is -2.34. The average Bonchev–Trinajstić information content (AvgIpc) is 2.93. The molecule has 3 aromatic rings. The summed E-state index contributed by atoms with van der Waals surface area (Å²) in [6, 6.07) is 14.2. The van der Waals surface area contributed by atoms with Crippen molar-refractivity contribution < 1.29 is 14.3 Å². The molecule has 1 aromatic heterocycles. The molecule has 5 heteroatoms. The lowest BCUT2D eigenvalue weighted by molar-refractivity contribution is -0.159. The number of hydrogen-bond donors (Lipinski definition) is 1. The highest BCUT2D eigenvalue weighted by Gasteiger charge is 2.29. The number of ether oxygens (including phenoxy) is 1. The first-order valence-electron chi connectivity index (χ1n) is 9.61. The Kier molecular flexibility index (Phi) is 4.60. The third kappa shape index (κ3) is 3.18. The quantitative estimate of drug-likeness (QED) is 0.679. The maximum atomic E-state index is 12.4. The number of aryl methyl sites for hydroxylation is 1. The summed E-state index contributed by atoms with van der Waals surface area (Å²) in [4.78, 5) is 24.4. The molecule has 1 aliphatic carbocycles. The Morgan fingerprint density at radius 1 is 1.15 bits per heavy atom. The molecule has 0 aliphatic heterocycles. The van der Waals surface area contributed by atoms with E-state index in [0.717, 1.165) is 42.1 Å². The first-order valence-corrected chi connectivity index (χ1v) is 9.61. The summed E-state index contributed by atoms with van der Waals surface area (Å²) in [6.07, 6.45) is 1.99. The van der Waals surface area contributed by atoms with Crippen LogP contribution in [0.1, 0.15) is 33.1 Å². The summed E-state index contributed by atoms with van der Waals surface area (Å²) in [5.74, 6) is -0.594. The Hall–Kier alpha value is -2.82. The number of amides is 1. The third-order valence-electron chi connectivity index (χ3n) is 5.46. The van der Waals surface area contributed by atoms with Gasteiger partial charge in [-0.15, -0.1) is 0 Å². The van der Waals surface area contributed by atoms with Gasteiger partial charge < -0.3 is 14.6 Å². The number of nitrogens with zero attached hydrogens (tertiary/aromatic N) is 1. The molecule has 1 fully saturated rings. The number of carbonyl (C=O) groups excluding carboxylic acids is 2. The molecule has 1 saturated carbocycles. The molecule has 27 heavy (non-hydrogen) atoms. The summed E-state index contributed by atoms with van der Waals surface area (Å²) < 4.78 is 7.58. The Morgan fingerprint density at radius 2 is 1.89 bits per heavy atom. The second-order valence-corrected chi connectivity index (χ2v) is 7.19. The maximum Gasteiger partial charge on any atom is 0.309 e. The van der Waals surface area contributed by atoms with Gasteiger partial charge in [-0.05, 0) is 51.0 Å². The lowest BCUT2D eigenvalue weighted by atomic mass is 9.86. The van der Waals surface area contributed by atoms with Crippen molar-refractivity contribution in [2.75, 3.05) is 5.32 Å². The van der Waals surface area contributed by atoms with Crippen molar-refractivity contribution in [2.24, 2.45) is 5.92 Å². The number of rotatable bonds is 5. The fourth-order valence-corrected chi connectivity index (χ4v) is 3.68. The Morgan fingerprint density at radius 3 is 2.59 bits per heavy atom. The summed E-state index contributed by atoms with van der Waals surface area (Å²) >= 11 is 0. The van der Waals surface area contributed by atoms with Gasteiger partial charge in [0.1, 0.15) is 0 Å². The maximum absolute atomic E-state index is 12.4. The highest BCUT2D eigenvalue weighted by Crippen LogP contribution is 2.31. The molecule has 1 atom stereocenters. The van der Waals surface area contributed by atoms with E-state index in [1.54, 1.807) is 6.92 Å². The number of anilines is 1. The minimum Gasteiger partial charge on any atom is -0.452 e. The lowest BCUT2D eigenvalue weighted by Gasteiger charge is -2.24. The number of para-hydroxylation sites is 1. The van der Waals surface area contributed by atoms with Gasteiger partial charge in [0.25, 0.3) is 5.91 Å². The van der Waals surface area contributed by atoms with Crippen LogP contribution in [0.4, 0.5) is 5.69 Å². The highest BCUT2D eigenvalue weighted by molar-refractivity contribution is 6.10. The van der Waals surface area contributed by atoms with Crippen LogP contribution in [0.3, 0.4) is 0 Å². The number of nitrogens with one attached hydrogen (secondary N) is 1. The van der Waals surface area contributed by atoms with Gasteiger partial charge in [-0.3, -0.25) is 9.59 Å². The van der Waals surface area contributed by atoms with Crippen molar-refractivity contribution in [3.8, 4) is 0 Å². The second-order valence-electron chi connectivity index (χ2n) is 7.19. The van der Waals surface area contributed by atoms with E-state index in [4.69, 9.17) is 4.74 Å². The predicted octanol–water partition coefficient (Wildman–Crippen LogP) is 4.48. The SMILES string of the molecule is CCn1c2ccccc2c2cc(NC(=O)C(C)OC(=O)C3CCC3)ccc21. The fourth-order valence-electron chi connectivity index (χ4n) is 3.68. The number of carbonyl (C=O) groups is 2. The van der Waals surface area contributed by atoms with Crippen LogP contribution in [0.5, 0.6) is 0 Å². The molecule has 0 bridgehead atoms. The van der Waals surface area contributed by atoms with Crippen molar-refractivity contribution in [1.29, 1.82) is 0 Å². The Labute approximate surface area is 158 Å². The molecule has 1 N–H and O–H groups in total.